The molecule has 3 rings (SSSR count). The van der Waals surface area contributed by atoms with Crippen molar-refractivity contribution < 1.29 is 13.2 Å². The van der Waals surface area contributed by atoms with Crippen molar-refractivity contribution in [1.29, 1.82) is 0 Å². The molecule has 0 unspecified atom stereocenters. The third-order valence-corrected chi connectivity index (χ3v) is 5.73. The van der Waals surface area contributed by atoms with Gasteiger partial charge in [0.2, 0.25) is 15.9 Å². The molecule has 114 valence electrons. The zero-order valence-corrected chi connectivity index (χ0v) is 13.3. The molecule has 0 spiro atoms. The van der Waals surface area contributed by atoms with Gasteiger partial charge in [-0.3, -0.25) is 4.79 Å². The fourth-order valence-corrected chi connectivity index (χ4v) is 4.53. The number of hydrogen-bond donors (Lipinski definition) is 1. The second kappa shape index (κ2) is 4.81. The van der Waals surface area contributed by atoms with Crippen LogP contribution in [0.3, 0.4) is 0 Å². The topological polar surface area (TPSA) is 66.5 Å². The summed E-state index contributed by atoms with van der Waals surface area (Å²) in [6, 6.07) is 3.23. The molecular weight excluding hydrogens is 288 g/mol. The summed E-state index contributed by atoms with van der Waals surface area (Å²) in [5.74, 6) is -0.177. The molecule has 0 aliphatic carbocycles. The van der Waals surface area contributed by atoms with E-state index in [9.17, 15) is 13.2 Å². The molecule has 6 heteroatoms. The minimum atomic E-state index is -3.53. The fraction of sp³-hybridized carbons (Fsp3) is 0.533. The molecule has 1 N–H and O–H groups in total. The van der Waals surface area contributed by atoms with Crippen LogP contribution in [-0.4, -0.2) is 26.9 Å². The predicted octanol–water partition coefficient (Wildman–Crippen LogP) is 1.77. The zero-order chi connectivity index (χ0) is 15.4. The lowest BCUT2D eigenvalue weighted by Crippen LogP contribution is -2.32. The Kier molecular flexibility index (Phi) is 3.33. The van der Waals surface area contributed by atoms with Gasteiger partial charge < -0.3 is 4.90 Å². The summed E-state index contributed by atoms with van der Waals surface area (Å²) in [6.45, 7) is 6.17. The van der Waals surface area contributed by atoms with Gasteiger partial charge in [0.15, 0.2) is 0 Å². The van der Waals surface area contributed by atoms with Crippen molar-refractivity contribution in [2.24, 2.45) is 0 Å². The summed E-state index contributed by atoms with van der Waals surface area (Å²) in [6.07, 6.45) is 1.70. The van der Waals surface area contributed by atoms with Crippen LogP contribution in [0.4, 0.5) is 5.69 Å². The molecule has 0 bridgehead atoms. The lowest BCUT2D eigenvalue weighted by atomic mass is 9.97. The molecule has 21 heavy (non-hydrogen) atoms. The van der Waals surface area contributed by atoms with Crippen LogP contribution in [0.1, 0.15) is 44.2 Å². The maximum Gasteiger partial charge on any atom is 0.240 e. The van der Waals surface area contributed by atoms with Crippen LogP contribution < -0.4 is 9.62 Å². The van der Waals surface area contributed by atoms with Gasteiger partial charge in [-0.15, -0.1) is 0 Å². The van der Waals surface area contributed by atoms with E-state index in [1.165, 1.54) is 0 Å². The Labute approximate surface area is 125 Å². The number of amides is 1. The number of benzene rings is 1. The largest absolute Gasteiger partial charge is 0.311 e. The van der Waals surface area contributed by atoms with Crippen molar-refractivity contribution in [2.45, 2.75) is 50.5 Å². The molecule has 5 nitrogen and oxygen atoms in total. The minimum absolute atomic E-state index is 0.0808. The number of aryl methyl sites for hydroxylation is 1. The highest BCUT2D eigenvalue weighted by Gasteiger charge is 2.38. The van der Waals surface area contributed by atoms with Gasteiger partial charge in [-0.25, -0.2) is 13.1 Å². The first-order valence-electron chi connectivity index (χ1n) is 7.32. The normalized spacial score (nSPS) is 21.0. The molecule has 0 aromatic heterocycles. The quantitative estimate of drug-likeness (QED) is 0.925. The van der Waals surface area contributed by atoms with Gasteiger partial charge in [0.1, 0.15) is 0 Å². The molecule has 0 saturated heterocycles. The van der Waals surface area contributed by atoms with Gasteiger partial charge in [0, 0.05) is 12.6 Å². The summed E-state index contributed by atoms with van der Waals surface area (Å²) < 4.78 is 27.4. The molecule has 1 aromatic rings. The second-order valence-corrected chi connectivity index (χ2v) is 7.83. The average Bonchev–Trinajstić information content (AvgIpc) is 2.65. The maximum absolute atomic E-state index is 12.4. The first-order valence-corrected chi connectivity index (χ1v) is 8.80. The molecule has 2 aliphatic heterocycles. The Morgan fingerprint density at radius 2 is 2.05 bits per heavy atom. The molecule has 2 heterocycles. The van der Waals surface area contributed by atoms with Crippen molar-refractivity contribution in [3.05, 3.63) is 23.3 Å². The van der Waals surface area contributed by atoms with E-state index < -0.39 is 10.0 Å². The lowest BCUT2D eigenvalue weighted by Gasteiger charge is -2.26. The number of nitrogens with zero attached hydrogens (tertiary/aromatic N) is 1. The van der Waals surface area contributed by atoms with E-state index >= 15 is 0 Å². The Hall–Kier alpha value is -1.40. The van der Waals surface area contributed by atoms with E-state index in [-0.39, 0.29) is 22.8 Å². The van der Waals surface area contributed by atoms with Gasteiger partial charge in [-0.1, -0.05) is 0 Å². The van der Waals surface area contributed by atoms with E-state index in [0.29, 0.717) is 0 Å². The third kappa shape index (κ3) is 2.26. The van der Waals surface area contributed by atoms with Gasteiger partial charge >= 0.3 is 0 Å². The monoisotopic (exact) mass is 308 g/mol. The number of hydrogen-bond acceptors (Lipinski definition) is 3. The molecule has 1 amide bonds. The van der Waals surface area contributed by atoms with Crippen LogP contribution in [-0.2, 0) is 21.2 Å². The van der Waals surface area contributed by atoms with Crippen molar-refractivity contribution in [3.63, 3.8) is 0 Å². The molecule has 1 atom stereocenters. The summed E-state index contributed by atoms with van der Waals surface area (Å²) in [7, 11) is -3.53. The Morgan fingerprint density at radius 3 is 2.71 bits per heavy atom. The maximum atomic E-state index is 12.4. The van der Waals surface area contributed by atoms with Crippen LogP contribution in [0.15, 0.2) is 17.0 Å². The molecular formula is C15H20N2O3S. The molecule has 1 aromatic carbocycles. The van der Waals surface area contributed by atoms with E-state index in [4.69, 9.17) is 0 Å². The smallest absolute Gasteiger partial charge is 0.240 e. The Morgan fingerprint density at radius 1 is 1.33 bits per heavy atom. The van der Waals surface area contributed by atoms with E-state index in [1.807, 2.05) is 11.8 Å². The predicted molar refractivity (Wildman–Crippen MR) is 81.0 cm³/mol. The number of nitrogens with one attached hydrogen (secondary N) is 1. The van der Waals surface area contributed by atoms with Crippen LogP contribution in [0.25, 0.3) is 0 Å². The van der Waals surface area contributed by atoms with Crippen LogP contribution in [0.2, 0.25) is 0 Å². The molecule has 0 saturated carbocycles. The highest BCUT2D eigenvalue weighted by Crippen LogP contribution is 2.43. The van der Waals surface area contributed by atoms with Crippen molar-refractivity contribution in [1.82, 2.24) is 4.72 Å². The first kappa shape index (κ1) is 14.5. The summed E-state index contributed by atoms with van der Waals surface area (Å²) >= 11 is 0. The van der Waals surface area contributed by atoms with Crippen molar-refractivity contribution in [3.8, 4) is 0 Å². The zero-order valence-electron chi connectivity index (χ0n) is 12.5. The second-order valence-electron chi connectivity index (χ2n) is 6.11. The number of carbonyl (C=O) groups excluding carboxylic acids is 1. The minimum Gasteiger partial charge on any atom is -0.311 e. The van der Waals surface area contributed by atoms with Crippen molar-refractivity contribution in [2.75, 3.05) is 11.4 Å². The molecule has 2 aliphatic rings. The Bertz CT molecular complexity index is 710. The Balaban J connectivity index is 2.15. The van der Waals surface area contributed by atoms with Gasteiger partial charge in [0.25, 0.3) is 0 Å². The average molecular weight is 308 g/mol. The standard InChI is InChI=1S/C15H20N2O3S/c1-9(2)16-21(19,20)12-7-11-5-4-6-17-14(11)13(8-12)10(3)15(17)18/h7-10,16H,4-6H2,1-3H3/t10-/m0/s1. The van der Waals surface area contributed by atoms with E-state index in [0.717, 1.165) is 36.2 Å². The van der Waals surface area contributed by atoms with Gasteiger partial charge in [-0.2, -0.15) is 0 Å². The lowest BCUT2D eigenvalue weighted by molar-refractivity contribution is -0.119. The third-order valence-electron chi connectivity index (χ3n) is 4.09. The van der Waals surface area contributed by atoms with Gasteiger partial charge in [-0.05, 0) is 56.9 Å². The van der Waals surface area contributed by atoms with E-state index in [2.05, 4.69) is 4.72 Å². The number of sulfonamides is 1. The summed E-state index contributed by atoms with van der Waals surface area (Å²) in [5.41, 5.74) is 2.77. The highest BCUT2D eigenvalue weighted by atomic mass is 32.2. The number of carbonyl (C=O) groups is 1. The fourth-order valence-electron chi connectivity index (χ4n) is 3.20. The SMILES string of the molecule is CC(C)NS(=O)(=O)c1cc2c3c(c1)[C@H](C)C(=O)N3CCC2. The molecule has 0 radical (unpaired) electrons. The number of anilines is 1. The number of rotatable bonds is 3. The van der Waals surface area contributed by atoms with Crippen LogP contribution in [0, 0.1) is 0 Å². The van der Waals surface area contributed by atoms with Gasteiger partial charge in [0.05, 0.1) is 16.5 Å². The first-order chi connectivity index (χ1) is 9.81. The summed E-state index contributed by atoms with van der Waals surface area (Å²) in [4.78, 5) is 14.4. The van der Waals surface area contributed by atoms with Crippen molar-refractivity contribution >= 4 is 21.6 Å². The van der Waals surface area contributed by atoms with Crippen LogP contribution >= 0.6 is 0 Å². The highest BCUT2D eigenvalue weighted by molar-refractivity contribution is 7.89. The van der Waals surface area contributed by atoms with Crippen LogP contribution in [0.5, 0.6) is 0 Å². The van der Waals surface area contributed by atoms with E-state index in [1.54, 1.807) is 26.0 Å². The summed E-state index contributed by atoms with van der Waals surface area (Å²) in [5, 5.41) is 0. The molecule has 0 fully saturated rings.